The van der Waals surface area contributed by atoms with Crippen molar-refractivity contribution in [3.8, 4) is 0 Å². The Morgan fingerprint density at radius 1 is 1.23 bits per heavy atom. The standard InChI is InChI=1S/C15H24N4O2S/c1-3-16-14(20)15(21)17-10-13(12-4-9-22-11-12)19-7-5-18(2)6-8-19/h4,9,11,13H,3,5-8,10H2,1-2H3,(H,16,20)(H,17,21)/t13-/m0/s1. The molecular weight excluding hydrogens is 300 g/mol. The van der Waals surface area contributed by atoms with Crippen molar-refractivity contribution in [3.05, 3.63) is 22.4 Å². The quantitative estimate of drug-likeness (QED) is 0.764. The number of likely N-dealkylation sites (N-methyl/N-ethyl adjacent to an activating group) is 2. The zero-order valence-corrected chi connectivity index (χ0v) is 14.0. The zero-order chi connectivity index (χ0) is 15.9. The molecule has 2 amide bonds. The van der Waals surface area contributed by atoms with Gasteiger partial charge in [-0.3, -0.25) is 14.5 Å². The summed E-state index contributed by atoms with van der Waals surface area (Å²) in [6, 6.07) is 2.21. The maximum atomic E-state index is 11.8. The molecule has 1 atom stereocenters. The van der Waals surface area contributed by atoms with Crippen LogP contribution in [0.25, 0.3) is 0 Å². The molecule has 2 N–H and O–H groups in total. The molecule has 1 aromatic rings. The summed E-state index contributed by atoms with van der Waals surface area (Å²) in [7, 11) is 2.12. The Labute approximate surface area is 135 Å². The minimum absolute atomic E-state index is 0.123. The summed E-state index contributed by atoms with van der Waals surface area (Å²) >= 11 is 1.65. The van der Waals surface area contributed by atoms with Crippen LogP contribution in [0.4, 0.5) is 0 Å². The van der Waals surface area contributed by atoms with Crippen LogP contribution in [-0.4, -0.2) is 67.9 Å². The van der Waals surface area contributed by atoms with E-state index in [0.29, 0.717) is 13.1 Å². The van der Waals surface area contributed by atoms with Crippen LogP contribution in [0.5, 0.6) is 0 Å². The Kier molecular flexibility index (Phi) is 6.35. The van der Waals surface area contributed by atoms with Gasteiger partial charge in [0.15, 0.2) is 0 Å². The lowest BCUT2D eigenvalue weighted by molar-refractivity contribution is -0.139. The van der Waals surface area contributed by atoms with Gasteiger partial charge in [-0.25, -0.2) is 0 Å². The second-order valence-electron chi connectivity index (χ2n) is 5.48. The predicted octanol–water partition coefficient (Wildman–Crippen LogP) is 0.289. The third-order valence-corrected chi connectivity index (χ3v) is 4.61. The second kappa shape index (κ2) is 8.26. The number of nitrogens with one attached hydrogen (secondary N) is 2. The highest BCUT2D eigenvalue weighted by atomic mass is 32.1. The molecule has 0 bridgehead atoms. The van der Waals surface area contributed by atoms with E-state index in [9.17, 15) is 9.59 Å². The number of carbonyl (C=O) groups excluding carboxylic acids is 2. The fraction of sp³-hybridized carbons (Fsp3) is 0.600. The lowest BCUT2D eigenvalue weighted by Gasteiger charge is -2.37. The molecule has 1 saturated heterocycles. The lowest BCUT2D eigenvalue weighted by atomic mass is 10.1. The monoisotopic (exact) mass is 324 g/mol. The van der Waals surface area contributed by atoms with E-state index in [0.717, 1.165) is 26.2 Å². The molecule has 0 aromatic carbocycles. The maximum Gasteiger partial charge on any atom is 0.309 e. The SMILES string of the molecule is CCNC(=O)C(=O)NC[C@@H](c1ccsc1)N1CCN(C)CC1. The van der Waals surface area contributed by atoms with Crippen molar-refractivity contribution in [1.82, 2.24) is 20.4 Å². The van der Waals surface area contributed by atoms with Crippen molar-refractivity contribution in [1.29, 1.82) is 0 Å². The summed E-state index contributed by atoms with van der Waals surface area (Å²) in [5.41, 5.74) is 1.20. The fourth-order valence-corrected chi connectivity index (χ4v) is 3.27. The number of piperazine rings is 1. The third-order valence-electron chi connectivity index (χ3n) is 3.91. The van der Waals surface area contributed by atoms with Crippen LogP contribution in [-0.2, 0) is 9.59 Å². The minimum Gasteiger partial charge on any atom is -0.348 e. The van der Waals surface area contributed by atoms with E-state index < -0.39 is 11.8 Å². The number of thiophene rings is 1. The molecule has 7 heteroatoms. The first-order chi connectivity index (χ1) is 10.6. The van der Waals surface area contributed by atoms with E-state index in [1.807, 2.05) is 5.38 Å². The number of amides is 2. The first-order valence-corrected chi connectivity index (χ1v) is 8.56. The first-order valence-electron chi connectivity index (χ1n) is 7.62. The molecule has 1 aliphatic rings. The molecule has 1 aromatic heterocycles. The Hall–Kier alpha value is -1.44. The number of hydrogen-bond acceptors (Lipinski definition) is 5. The first kappa shape index (κ1) is 16.9. The van der Waals surface area contributed by atoms with Gasteiger partial charge in [0.05, 0.1) is 6.04 Å². The van der Waals surface area contributed by atoms with Crippen LogP contribution < -0.4 is 10.6 Å². The van der Waals surface area contributed by atoms with Crippen molar-refractivity contribution in [3.63, 3.8) is 0 Å². The molecule has 2 heterocycles. The highest BCUT2D eigenvalue weighted by Gasteiger charge is 2.25. The number of hydrogen-bond donors (Lipinski definition) is 2. The number of carbonyl (C=O) groups is 2. The molecule has 0 radical (unpaired) electrons. The molecular formula is C15H24N4O2S. The highest BCUT2D eigenvalue weighted by Crippen LogP contribution is 2.23. The lowest BCUT2D eigenvalue weighted by Crippen LogP contribution is -2.49. The molecule has 0 unspecified atom stereocenters. The van der Waals surface area contributed by atoms with E-state index in [2.05, 4.69) is 38.9 Å². The summed E-state index contributed by atoms with van der Waals surface area (Å²) in [6.45, 7) is 6.68. The van der Waals surface area contributed by atoms with Crippen LogP contribution in [0, 0.1) is 0 Å². The summed E-state index contributed by atoms with van der Waals surface area (Å²) < 4.78 is 0. The second-order valence-corrected chi connectivity index (χ2v) is 6.26. The Morgan fingerprint density at radius 3 is 2.50 bits per heavy atom. The van der Waals surface area contributed by atoms with Crippen LogP contribution in [0.15, 0.2) is 16.8 Å². The Bertz CT molecular complexity index is 484. The van der Waals surface area contributed by atoms with E-state index in [1.165, 1.54) is 5.56 Å². The van der Waals surface area contributed by atoms with Gasteiger partial charge >= 0.3 is 11.8 Å². The molecule has 122 valence electrons. The molecule has 2 rings (SSSR count). The number of nitrogens with zero attached hydrogens (tertiary/aromatic N) is 2. The van der Waals surface area contributed by atoms with Crippen molar-refractivity contribution < 1.29 is 9.59 Å². The van der Waals surface area contributed by atoms with E-state index >= 15 is 0 Å². The number of rotatable bonds is 5. The largest absolute Gasteiger partial charge is 0.348 e. The van der Waals surface area contributed by atoms with Gasteiger partial charge in [0.2, 0.25) is 0 Å². The zero-order valence-electron chi connectivity index (χ0n) is 13.2. The van der Waals surface area contributed by atoms with E-state index in [4.69, 9.17) is 0 Å². The molecule has 0 aliphatic carbocycles. The van der Waals surface area contributed by atoms with Crippen LogP contribution in [0.2, 0.25) is 0 Å². The van der Waals surface area contributed by atoms with Crippen molar-refractivity contribution in [2.24, 2.45) is 0 Å². The highest BCUT2D eigenvalue weighted by molar-refractivity contribution is 7.07. The van der Waals surface area contributed by atoms with Gasteiger partial charge in [-0.15, -0.1) is 0 Å². The Balaban J connectivity index is 1.97. The predicted molar refractivity (Wildman–Crippen MR) is 87.8 cm³/mol. The third kappa shape index (κ3) is 4.53. The molecule has 6 nitrogen and oxygen atoms in total. The van der Waals surface area contributed by atoms with Crippen molar-refractivity contribution in [2.75, 3.05) is 46.3 Å². The smallest absolute Gasteiger partial charge is 0.309 e. The molecule has 1 aliphatic heterocycles. The topological polar surface area (TPSA) is 64.7 Å². The summed E-state index contributed by atoms with van der Waals surface area (Å²) in [6.07, 6.45) is 0. The molecule has 1 fully saturated rings. The van der Waals surface area contributed by atoms with Crippen LogP contribution in [0.3, 0.4) is 0 Å². The Morgan fingerprint density at radius 2 is 1.91 bits per heavy atom. The van der Waals surface area contributed by atoms with Gasteiger partial charge in [-0.2, -0.15) is 11.3 Å². The van der Waals surface area contributed by atoms with E-state index in [1.54, 1.807) is 18.3 Å². The maximum absolute atomic E-state index is 11.8. The minimum atomic E-state index is -0.565. The van der Waals surface area contributed by atoms with E-state index in [-0.39, 0.29) is 6.04 Å². The van der Waals surface area contributed by atoms with Gasteiger partial charge in [0.25, 0.3) is 0 Å². The van der Waals surface area contributed by atoms with Gasteiger partial charge in [-0.1, -0.05) is 0 Å². The molecule has 22 heavy (non-hydrogen) atoms. The van der Waals surface area contributed by atoms with Crippen molar-refractivity contribution in [2.45, 2.75) is 13.0 Å². The normalized spacial score (nSPS) is 17.9. The molecule has 0 spiro atoms. The summed E-state index contributed by atoms with van der Waals surface area (Å²) in [5.74, 6) is -1.12. The average Bonchev–Trinajstić information content (AvgIpc) is 3.03. The van der Waals surface area contributed by atoms with Gasteiger partial charge < -0.3 is 15.5 Å². The van der Waals surface area contributed by atoms with Gasteiger partial charge in [-0.05, 0) is 36.4 Å². The fourth-order valence-electron chi connectivity index (χ4n) is 2.57. The van der Waals surface area contributed by atoms with Gasteiger partial charge in [0.1, 0.15) is 0 Å². The van der Waals surface area contributed by atoms with Crippen LogP contribution in [0.1, 0.15) is 18.5 Å². The summed E-state index contributed by atoms with van der Waals surface area (Å²) in [4.78, 5) is 28.0. The summed E-state index contributed by atoms with van der Waals surface area (Å²) in [5, 5.41) is 9.44. The van der Waals surface area contributed by atoms with Crippen molar-refractivity contribution >= 4 is 23.2 Å². The average molecular weight is 324 g/mol. The van der Waals surface area contributed by atoms with Gasteiger partial charge in [0, 0.05) is 39.3 Å². The molecule has 0 saturated carbocycles. The van der Waals surface area contributed by atoms with Crippen LogP contribution >= 0.6 is 11.3 Å².